The molecule has 3 aromatic rings. The summed E-state index contributed by atoms with van der Waals surface area (Å²) in [6, 6.07) is 10.2. The predicted molar refractivity (Wildman–Crippen MR) is 93.0 cm³/mol. The van der Waals surface area contributed by atoms with E-state index in [-0.39, 0.29) is 6.61 Å². The van der Waals surface area contributed by atoms with Gasteiger partial charge < -0.3 is 4.74 Å². The van der Waals surface area contributed by atoms with Gasteiger partial charge in [0.15, 0.2) is 23.4 Å². The molecule has 1 N–H and O–H groups in total. The summed E-state index contributed by atoms with van der Waals surface area (Å²) in [7, 11) is 0. The first-order valence-corrected chi connectivity index (χ1v) is 8.36. The van der Waals surface area contributed by atoms with Crippen LogP contribution in [0.3, 0.4) is 0 Å². The SMILES string of the molecule is O=C(COc1cccc(Cl)c1)Nc1nc(-c2ccc(F)c(F)c2)cs1. The standard InChI is InChI=1S/C17H11ClF2N2O2S/c18-11-2-1-3-12(7-11)24-8-16(23)22-17-21-15(9-25-17)10-4-5-13(19)14(20)6-10/h1-7,9H,8H2,(H,21,22,23). The van der Waals surface area contributed by atoms with Gasteiger partial charge in [0.2, 0.25) is 0 Å². The second kappa shape index (κ2) is 7.58. The Morgan fingerprint density at radius 2 is 2.04 bits per heavy atom. The molecule has 25 heavy (non-hydrogen) atoms. The van der Waals surface area contributed by atoms with E-state index in [0.717, 1.165) is 12.1 Å². The molecule has 0 atom stereocenters. The molecule has 8 heteroatoms. The smallest absolute Gasteiger partial charge is 0.264 e. The molecule has 128 valence electrons. The number of nitrogens with one attached hydrogen (secondary N) is 1. The van der Waals surface area contributed by atoms with E-state index < -0.39 is 17.5 Å². The molecule has 0 saturated heterocycles. The van der Waals surface area contributed by atoms with Gasteiger partial charge >= 0.3 is 0 Å². The van der Waals surface area contributed by atoms with E-state index in [2.05, 4.69) is 10.3 Å². The van der Waals surface area contributed by atoms with Crippen molar-refractivity contribution < 1.29 is 18.3 Å². The first-order valence-electron chi connectivity index (χ1n) is 7.10. The highest BCUT2D eigenvalue weighted by Crippen LogP contribution is 2.26. The van der Waals surface area contributed by atoms with Gasteiger partial charge in [-0.25, -0.2) is 13.8 Å². The lowest BCUT2D eigenvalue weighted by atomic mass is 10.2. The van der Waals surface area contributed by atoms with Crippen molar-refractivity contribution in [2.45, 2.75) is 0 Å². The van der Waals surface area contributed by atoms with Crippen molar-refractivity contribution in [1.82, 2.24) is 4.98 Å². The minimum atomic E-state index is -0.953. The second-order valence-corrected chi connectivity index (χ2v) is 6.26. The van der Waals surface area contributed by atoms with E-state index in [1.165, 1.54) is 17.4 Å². The number of hydrogen-bond acceptors (Lipinski definition) is 4. The van der Waals surface area contributed by atoms with Crippen LogP contribution in [0, 0.1) is 11.6 Å². The summed E-state index contributed by atoms with van der Waals surface area (Å²) in [5, 5.41) is 5.07. The maximum Gasteiger partial charge on any atom is 0.264 e. The van der Waals surface area contributed by atoms with Crippen molar-refractivity contribution in [1.29, 1.82) is 0 Å². The van der Waals surface area contributed by atoms with E-state index in [1.54, 1.807) is 29.6 Å². The summed E-state index contributed by atoms with van der Waals surface area (Å²) in [5.41, 5.74) is 0.862. The molecule has 0 aliphatic carbocycles. The minimum Gasteiger partial charge on any atom is -0.484 e. The van der Waals surface area contributed by atoms with E-state index in [1.807, 2.05) is 0 Å². The van der Waals surface area contributed by atoms with Crippen LogP contribution in [0.15, 0.2) is 47.8 Å². The summed E-state index contributed by atoms with van der Waals surface area (Å²) < 4.78 is 31.6. The molecule has 0 fully saturated rings. The summed E-state index contributed by atoms with van der Waals surface area (Å²) in [4.78, 5) is 16.1. The quantitative estimate of drug-likeness (QED) is 0.694. The van der Waals surface area contributed by atoms with E-state index in [9.17, 15) is 13.6 Å². The zero-order chi connectivity index (χ0) is 17.8. The van der Waals surface area contributed by atoms with Gasteiger partial charge in [-0.2, -0.15) is 0 Å². The average molecular weight is 381 g/mol. The molecular weight excluding hydrogens is 370 g/mol. The van der Waals surface area contributed by atoms with Crippen molar-refractivity contribution in [2.24, 2.45) is 0 Å². The number of nitrogens with zero attached hydrogens (tertiary/aromatic N) is 1. The van der Waals surface area contributed by atoms with Crippen molar-refractivity contribution >= 4 is 34.0 Å². The van der Waals surface area contributed by atoms with Gasteiger partial charge in [0.1, 0.15) is 5.75 Å². The number of rotatable bonds is 5. The third kappa shape index (κ3) is 4.52. The largest absolute Gasteiger partial charge is 0.484 e. The number of aromatic nitrogens is 1. The van der Waals surface area contributed by atoms with Gasteiger partial charge in [-0.3, -0.25) is 10.1 Å². The molecule has 0 unspecified atom stereocenters. The van der Waals surface area contributed by atoms with Gasteiger partial charge in [-0.05, 0) is 36.4 Å². The second-order valence-electron chi connectivity index (χ2n) is 4.96. The van der Waals surface area contributed by atoms with Crippen LogP contribution in [-0.4, -0.2) is 17.5 Å². The number of amides is 1. The fourth-order valence-corrected chi connectivity index (χ4v) is 2.90. The topological polar surface area (TPSA) is 51.2 Å². The van der Waals surface area contributed by atoms with Crippen LogP contribution in [-0.2, 0) is 4.79 Å². The Morgan fingerprint density at radius 3 is 2.80 bits per heavy atom. The maximum atomic E-state index is 13.3. The summed E-state index contributed by atoms with van der Waals surface area (Å²) in [6.45, 7) is -0.208. The third-order valence-electron chi connectivity index (χ3n) is 3.13. The number of carbonyl (C=O) groups excluding carboxylic acids is 1. The lowest BCUT2D eigenvalue weighted by Crippen LogP contribution is -2.20. The summed E-state index contributed by atoms with van der Waals surface area (Å²) in [6.07, 6.45) is 0. The molecule has 0 aliphatic rings. The molecule has 0 spiro atoms. The van der Waals surface area contributed by atoms with Gasteiger partial charge in [-0.1, -0.05) is 17.7 Å². The molecule has 0 bridgehead atoms. The van der Waals surface area contributed by atoms with Crippen LogP contribution in [0.1, 0.15) is 0 Å². The molecule has 0 radical (unpaired) electrons. The average Bonchev–Trinajstić information content (AvgIpc) is 3.04. The lowest BCUT2D eigenvalue weighted by molar-refractivity contribution is -0.118. The number of ether oxygens (including phenoxy) is 1. The number of anilines is 1. The molecule has 1 aromatic heterocycles. The highest BCUT2D eigenvalue weighted by Gasteiger charge is 2.11. The number of thiazole rings is 1. The fourth-order valence-electron chi connectivity index (χ4n) is 1.98. The molecule has 1 amide bonds. The van der Waals surface area contributed by atoms with E-state index in [4.69, 9.17) is 16.3 Å². The monoisotopic (exact) mass is 380 g/mol. The fraction of sp³-hybridized carbons (Fsp3) is 0.0588. The predicted octanol–water partition coefficient (Wildman–Crippen LogP) is 4.76. The molecule has 0 saturated carbocycles. The normalized spacial score (nSPS) is 10.5. The zero-order valence-electron chi connectivity index (χ0n) is 12.6. The number of benzene rings is 2. The Hall–Kier alpha value is -2.51. The maximum absolute atomic E-state index is 13.3. The first-order chi connectivity index (χ1) is 12.0. The van der Waals surface area contributed by atoms with Crippen LogP contribution < -0.4 is 10.1 Å². The Kier molecular flexibility index (Phi) is 5.25. The van der Waals surface area contributed by atoms with Crippen LogP contribution >= 0.6 is 22.9 Å². The molecule has 0 aliphatic heterocycles. The Bertz CT molecular complexity index is 917. The first kappa shape index (κ1) is 17.3. The highest BCUT2D eigenvalue weighted by molar-refractivity contribution is 7.14. The number of carbonyl (C=O) groups is 1. The van der Waals surface area contributed by atoms with Crippen molar-refractivity contribution in [2.75, 3.05) is 11.9 Å². The summed E-state index contributed by atoms with van der Waals surface area (Å²) in [5.74, 6) is -1.80. The lowest BCUT2D eigenvalue weighted by Gasteiger charge is -2.05. The number of halogens is 3. The number of hydrogen-bond donors (Lipinski definition) is 1. The van der Waals surface area contributed by atoms with Crippen molar-refractivity contribution in [3.05, 3.63) is 64.5 Å². The van der Waals surface area contributed by atoms with Crippen LogP contribution in [0.25, 0.3) is 11.3 Å². The molecule has 1 heterocycles. The zero-order valence-corrected chi connectivity index (χ0v) is 14.2. The van der Waals surface area contributed by atoms with Gasteiger partial charge in [-0.15, -0.1) is 11.3 Å². The Balaban J connectivity index is 1.60. The van der Waals surface area contributed by atoms with Gasteiger partial charge in [0, 0.05) is 16.0 Å². The molecular formula is C17H11ClF2N2O2S. The summed E-state index contributed by atoms with van der Waals surface area (Å²) >= 11 is 7.00. The third-order valence-corrected chi connectivity index (χ3v) is 4.12. The van der Waals surface area contributed by atoms with E-state index >= 15 is 0 Å². The van der Waals surface area contributed by atoms with Gasteiger partial charge in [0.25, 0.3) is 5.91 Å². The highest BCUT2D eigenvalue weighted by atomic mass is 35.5. The molecule has 3 rings (SSSR count). The van der Waals surface area contributed by atoms with Gasteiger partial charge in [0.05, 0.1) is 5.69 Å². The molecule has 2 aromatic carbocycles. The van der Waals surface area contributed by atoms with Crippen LogP contribution in [0.2, 0.25) is 5.02 Å². The Morgan fingerprint density at radius 1 is 1.20 bits per heavy atom. The van der Waals surface area contributed by atoms with Crippen molar-refractivity contribution in [3.63, 3.8) is 0 Å². The minimum absolute atomic E-state index is 0.208. The molecule has 4 nitrogen and oxygen atoms in total. The van der Waals surface area contributed by atoms with Crippen LogP contribution in [0.5, 0.6) is 5.75 Å². The van der Waals surface area contributed by atoms with E-state index in [0.29, 0.717) is 27.2 Å². The Labute approximate surface area is 151 Å². The van der Waals surface area contributed by atoms with Crippen molar-refractivity contribution in [3.8, 4) is 17.0 Å². The van der Waals surface area contributed by atoms with Crippen LogP contribution in [0.4, 0.5) is 13.9 Å².